The van der Waals surface area contributed by atoms with Crippen molar-refractivity contribution in [2.45, 2.75) is 11.8 Å². The summed E-state index contributed by atoms with van der Waals surface area (Å²) in [5.41, 5.74) is 4.66. The Hall–Kier alpha value is -1.69. The molecule has 0 bridgehead atoms. The van der Waals surface area contributed by atoms with E-state index in [4.69, 9.17) is 4.28 Å². The number of fused-ring (bicyclic) bond motifs is 1. The van der Waals surface area contributed by atoms with Gasteiger partial charge in [-0.1, -0.05) is 23.8 Å². The molecule has 5 heteroatoms. The number of rotatable bonds is 4. The van der Waals surface area contributed by atoms with Crippen LogP contribution in [0.5, 0.6) is 0 Å². The lowest BCUT2D eigenvalue weighted by Crippen LogP contribution is -2.05. The van der Waals surface area contributed by atoms with Crippen molar-refractivity contribution < 1.29 is 8.49 Å². The first-order valence-corrected chi connectivity index (χ1v) is 8.07. The van der Waals surface area contributed by atoms with Gasteiger partial charge in [-0.3, -0.25) is 5.48 Å². The predicted molar refractivity (Wildman–Crippen MR) is 84.1 cm³/mol. The van der Waals surface area contributed by atoms with Gasteiger partial charge in [0.15, 0.2) is 0 Å². The molecule has 0 spiro atoms. The summed E-state index contributed by atoms with van der Waals surface area (Å²) in [6.07, 6.45) is 0. The Morgan fingerprint density at radius 3 is 2.70 bits per heavy atom. The van der Waals surface area contributed by atoms with Crippen LogP contribution in [0.15, 0.2) is 58.8 Å². The van der Waals surface area contributed by atoms with Crippen molar-refractivity contribution in [3.05, 3.63) is 59.5 Å². The Labute approximate surface area is 123 Å². The van der Waals surface area contributed by atoms with Crippen LogP contribution in [0.1, 0.15) is 5.56 Å². The van der Waals surface area contributed by atoms with E-state index in [1.165, 1.54) is 10.1 Å². The normalized spacial score (nSPS) is 12.4. The van der Waals surface area contributed by atoms with E-state index < -0.39 is 11.1 Å². The quantitative estimate of drug-likeness (QED) is 0.731. The summed E-state index contributed by atoms with van der Waals surface area (Å²) in [6, 6.07) is 15.4. The van der Waals surface area contributed by atoms with E-state index in [0.29, 0.717) is 4.90 Å². The molecule has 3 rings (SSSR count). The van der Waals surface area contributed by atoms with E-state index in [2.05, 4.69) is 11.5 Å². The molecular formula is C15H13NO2S2. The van der Waals surface area contributed by atoms with Crippen LogP contribution in [0.4, 0.5) is 5.69 Å². The van der Waals surface area contributed by atoms with Crippen molar-refractivity contribution in [2.75, 3.05) is 5.48 Å². The smallest absolute Gasteiger partial charge is 0.212 e. The molecule has 3 nitrogen and oxygen atoms in total. The Morgan fingerprint density at radius 2 is 1.90 bits per heavy atom. The van der Waals surface area contributed by atoms with Gasteiger partial charge in [0.05, 0.1) is 10.6 Å². The third-order valence-electron chi connectivity index (χ3n) is 2.90. The van der Waals surface area contributed by atoms with Crippen LogP contribution >= 0.6 is 11.3 Å². The van der Waals surface area contributed by atoms with Crippen molar-refractivity contribution in [3.8, 4) is 0 Å². The maximum Gasteiger partial charge on any atom is 0.212 e. The fraction of sp³-hybridized carbons (Fsp3) is 0.0667. The van der Waals surface area contributed by atoms with Crippen LogP contribution in [0.25, 0.3) is 10.1 Å². The lowest BCUT2D eigenvalue weighted by atomic mass is 10.2. The molecule has 1 N–H and O–H groups in total. The summed E-state index contributed by atoms with van der Waals surface area (Å²) in [5, 5.41) is 3.24. The molecular weight excluding hydrogens is 290 g/mol. The van der Waals surface area contributed by atoms with Gasteiger partial charge >= 0.3 is 0 Å². The van der Waals surface area contributed by atoms with Crippen LogP contribution in [-0.4, -0.2) is 4.21 Å². The third-order valence-corrected chi connectivity index (χ3v) is 4.68. The number of hydrogen-bond donors (Lipinski definition) is 1. The lowest BCUT2D eigenvalue weighted by Gasteiger charge is -2.06. The maximum atomic E-state index is 12.0. The summed E-state index contributed by atoms with van der Waals surface area (Å²) in [5.74, 6) is 0. The zero-order valence-electron chi connectivity index (χ0n) is 10.8. The molecule has 3 aromatic rings. The maximum absolute atomic E-state index is 12.0. The Kier molecular flexibility index (Phi) is 3.82. The van der Waals surface area contributed by atoms with Crippen molar-refractivity contribution in [3.63, 3.8) is 0 Å². The Balaban J connectivity index is 1.69. The van der Waals surface area contributed by atoms with Gasteiger partial charge in [0.25, 0.3) is 0 Å². The van der Waals surface area contributed by atoms with Crippen LogP contribution in [0.3, 0.4) is 0 Å². The third kappa shape index (κ3) is 2.90. The minimum absolute atomic E-state index is 0.639. The molecule has 0 amide bonds. The average molecular weight is 303 g/mol. The first kappa shape index (κ1) is 13.3. The van der Waals surface area contributed by atoms with Gasteiger partial charge in [0, 0.05) is 4.70 Å². The molecule has 0 saturated heterocycles. The number of anilines is 1. The van der Waals surface area contributed by atoms with Crippen molar-refractivity contribution in [1.29, 1.82) is 0 Å². The van der Waals surface area contributed by atoms with E-state index in [0.717, 1.165) is 11.3 Å². The van der Waals surface area contributed by atoms with Crippen LogP contribution < -0.4 is 5.48 Å². The molecule has 0 radical (unpaired) electrons. The van der Waals surface area contributed by atoms with Crippen molar-refractivity contribution in [2.24, 2.45) is 0 Å². The molecule has 102 valence electrons. The number of hydrogen-bond acceptors (Lipinski definition) is 4. The second-order valence-corrected chi connectivity index (χ2v) is 6.46. The molecule has 0 aliphatic rings. The molecule has 2 aromatic carbocycles. The molecule has 1 aromatic heterocycles. The molecule has 0 saturated carbocycles. The summed E-state index contributed by atoms with van der Waals surface area (Å²) in [7, 11) is 0. The van der Waals surface area contributed by atoms with Crippen LogP contribution in [-0.2, 0) is 15.4 Å². The van der Waals surface area contributed by atoms with Crippen LogP contribution in [0, 0.1) is 6.92 Å². The highest BCUT2D eigenvalue weighted by Crippen LogP contribution is 2.24. The Morgan fingerprint density at radius 1 is 1.10 bits per heavy atom. The highest BCUT2D eigenvalue weighted by atomic mass is 32.2. The molecule has 0 fully saturated rings. The van der Waals surface area contributed by atoms with Crippen molar-refractivity contribution >= 4 is 38.2 Å². The second-order valence-electron chi connectivity index (χ2n) is 4.41. The lowest BCUT2D eigenvalue weighted by molar-refractivity contribution is 0.436. The molecule has 0 aliphatic heterocycles. The van der Waals surface area contributed by atoms with E-state index in [-0.39, 0.29) is 0 Å². The van der Waals surface area contributed by atoms with Crippen LogP contribution in [0.2, 0.25) is 0 Å². The first-order chi connectivity index (χ1) is 9.72. The van der Waals surface area contributed by atoms with E-state index in [9.17, 15) is 4.21 Å². The standard InChI is InChI=1S/C15H13NO2S2/c1-11-2-6-14(7-3-11)20(17)18-16-13-5-4-12-8-9-19-15(12)10-13/h2-10,16H,1H3. The van der Waals surface area contributed by atoms with E-state index >= 15 is 0 Å². The summed E-state index contributed by atoms with van der Waals surface area (Å²) in [6.45, 7) is 1.99. The van der Waals surface area contributed by atoms with Gasteiger partial charge < -0.3 is 0 Å². The largest absolute Gasteiger partial charge is 0.251 e. The fourth-order valence-corrected chi connectivity index (χ4v) is 3.26. The highest BCUT2D eigenvalue weighted by molar-refractivity contribution is 7.80. The topological polar surface area (TPSA) is 38.3 Å². The number of thiophene rings is 1. The zero-order chi connectivity index (χ0) is 13.9. The number of aryl methyl sites for hydroxylation is 1. The van der Waals surface area contributed by atoms with E-state index in [1.807, 2.05) is 42.6 Å². The monoisotopic (exact) mass is 303 g/mol. The van der Waals surface area contributed by atoms with Gasteiger partial charge in [0.2, 0.25) is 11.1 Å². The van der Waals surface area contributed by atoms with Gasteiger partial charge in [-0.25, -0.2) is 4.21 Å². The molecule has 0 aliphatic carbocycles. The van der Waals surface area contributed by atoms with Gasteiger partial charge in [-0.2, -0.15) is 4.28 Å². The Bertz CT molecular complexity index is 750. The number of benzene rings is 2. The zero-order valence-corrected chi connectivity index (χ0v) is 12.5. The number of nitrogens with one attached hydrogen (secondary N) is 1. The van der Waals surface area contributed by atoms with E-state index in [1.54, 1.807) is 23.5 Å². The van der Waals surface area contributed by atoms with Gasteiger partial charge in [0.1, 0.15) is 0 Å². The molecule has 1 unspecified atom stereocenters. The summed E-state index contributed by atoms with van der Waals surface area (Å²) >= 11 is 0.138. The SMILES string of the molecule is Cc1ccc(S(=O)ONc2ccc3ccsc3c2)cc1. The van der Waals surface area contributed by atoms with Gasteiger partial charge in [-0.15, -0.1) is 11.3 Å². The fourth-order valence-electron chi connectivity index (χ4n) is 1.80. The molecule has 1 heterocycles. The summed E-state index contributed by atoms with van der Waals surface area (Å²) in [4.78, 5) is 0.639. The van der Waals surface area contributed by atoms with Gasteiger partial charge in [-0.05, 0) is 48.0 Å². The second kappa shape index (κ2) is 5.75. The molecule has 1 atom stereocenters. The highest BCUT2D eigenvalue weighted by Gasteiger charge is 2.05. The minimum Gasteiger partial charge on any atom is -0.251 e. The predicted octanol–water partition coefficient (Wildman–Crippen LogP) is 4.28. The minimum atomic E-state index is -1.52. The summed E-state index contributed by atoms with van der Waals surface area (Å²) < 4.78 is 18.3. The average Bonchev–Trinajstić information content (AvgIpc) is 2.93. The first-order valence-electron chi connectivity index (χ1n) is 6.11. The molecule has 20 heavy (non-hydrogen) atoms. The van der Waals surface area contributed by atoms with Crippen molar-refractivity contribution in [1.82, 2.24) is 0 Å².